The SMILES string of the molecule is CCOC(=O)C(CCC1(c2ccccc2)OCCO1)N[C@@H](C)C(=O)N1CCC[C@H]1C(=O)O. The summed E-state index contributed by atoms with van der Waals surface area (Å²) in [7, 11) is 0. The second-order valence-electron chi connectivity index (χ2n) is 8.08. The molecule has 3 rings (SSSR count). The molecule has 3 atom stereocenters. The lowest BCUT2D eigenvalue weighted by atomic mass is 9.97. The molecule has 2 N–H and O–H groups in total. The number of carboxylic acid groups (broad SMARTS) is 1. The highest BCUT2D eigenvalue weighted by Crippen LogP contribution is 2.36. The van der Waals surface area contributed by atoms with E-state index in [-0.39, 0.29) is 12.5 Å². The highest BCUT2D eigenvalue weighted by molar-refractivity contribution is 5.88. The average Bonchev–Trinajstić information content (AvgIpc) is 3.47. The van der Waals surface area contributed by atoms with E-state index < -0.39 is 35.9 Å². The molecule has 0 aromatic heterocycles. The minimum Gasteiger partial charge on any atom is -0.480 e. The van der Waals surface area contributed by atoms with Crippen molar-refractivity contribution in [3.63, 3.8) is 0 Å². The summed E-state index contributed by atoms with van der Waals surface area (Å²) in [4.78, 5) is 38.4. The van der Waals surface area contributed by atoms with Crippen molar-refractivity contribution in [1.29, 1.82) is 0 Å². The number of hydrogen-bond donors (Lipinski definition) is 2. The first-order chi connectivity index (χ1) is 15.4. The molecule has 2 fully saturated rings. The lowest BCUT2D eigenvalue weighted by molar-refractivity contribution is -0.174. The van der Waals surface area contributed by atoms with Crippen LogP contribution >= 0.6 is 0 Å². The number of esters is 1. The zero-order valence-electron chi connectivity index (χ0n) is 18.6. The van der Waals surface area contributed by atoms with Crippen LogP contribution in [0.15, 0.2) is 30.3 Å². The summed E-state index contributed by atoms with van der Waals surface area (Å²) in [6.45, 7) is 4.87. The molecule has 0 saturated carbocycles. The number of nitrogens with zero attached hydrogens (tertiary/aromatic N) is 1. The van der Waals surface area contributed by atoms with Crippen molar-refractivity contribution in [2.75, 3.05) is 26.4 Å². The molecule has 1 amide bonds. The molecular formula is C23H32N2O7. The number of carboxylic acids is 1. The van der Waals surface area contributed by atoms with E-state index in [4.69, 9.17) is 14.2 Å². The van der Waals surface area contributed by atoms with Gasteiger partial charge in [-0.1, -0.05) is 30.3 Å². The molecule has 2 saturated heterocycles. The number of rotatable bonds is 10. The summed E-state index contributed by atoms with van der Waals surface area (Å²) in [5.41, 5.74) is 0.866. The summed E-state index contributed by atoms with van der Waals surface area (Å²) in [6, 6.07) is 7.21. The standard InChI is InChI=1S/C23H32N2O7/c1-3-30-22(29)18(24-16(2)20(26)25-13-7-10-19(25)21(27)28)11-12-23(31-14-15-32-23)17-8-5-4-6-9-17/h4-6,8-9,16,18-19,24H,3,7,10-15H2,1-2H3,(H,27,28)/t16-,18?,19-/m0/s1. The van der Waals surface area contributed by atoms with Gasteiger partial charge in [-0.25, -0.2) is 4.79 Å². The normalized spacial score (nSPS) is 21.8. The number of carbonyl (C=O) groups is 3. The van der Waals surface area contributed by atoms with Gasteiger partial charge in [0, 0.05) is 18.5 Å². The molecule has 32 heavy (non-hydrogen) atoms. The molecule has 1 aromatic carbocycles. The fourth-order valence-corrected chi connectivity index (χ4v) is 4.36. The maximum absolute atomic E-state index is 12.9. The molecule has 1 unspecified atom stereocenters. The van der Waals surface area contributed by atoms with Crippen LogP contribution in [0.25, 0.3) is 0 Å². The Morgan fingerprint density at radius 3 is 2.56 bits per heavy atom. The highest BCUT2D eigenvalue weighted by atomic mass is 16.7. The number of aliphatic carboxylic acids is 1. The fourth-order valence-electron chi connectivity index (χ4n) is 4.36. The summed E-state index contributed by atoms with van der Waals surface area (Å²) < 4.78 is 17.1. The quantitative estimate of drug-likeness (QED) is 0.520. The Morgan fingerprint density at radius 2 is 1.94 bits per heavy atom. The minimum absolute atomic E-state index is 0.212. The topological polar surface area (TPSA) is 114 Å². The van der Waals surface area contributed by atoms with Crippen LogP contribution in [0.5, 0.6) is 0 Å². The minimum atomic E-state index is -1.01. The number of likely N-dealkylation sites (tertiary alicyclic amines) is 1. The fraction of sp³-hybridized carbons (Fsp3) is 0.609. The molecule has 176 valence electrons. The van der Waals surface area contributed by atoms with Crippen molar-refractivity contribution in [1.82, 2.24) is 10.2 Å². The second-order valence-corrected chi connectivity index (χ2v) is 8.08. The van der Waals surface area contributed by atoms with Crippen molar-refractivity contribution >= 4 is 17.8 Å². The molecule has 1 aromatic rings. The Labute approximate surface area is 188 Å². The molecule has 0 aliphatic carbocycles. The zero-order chi connectivity index (χ0) is 23.1. The molecule has 9 heteroatoms. The summed E-state index contributed by atoms with van der Waals surface area (Å²) >= 11 is 0. The molecular weight excluding hydrogens is 416 g/mol. The van der Waals surface area contributed by atoms with Gasteiger partial charge in [-0.2, -0.15) is 0 Å². The Hall–Kier alpha value is -2.49. The van der Waals surface area contributed by atoms with E-state index in [9.17, 15) is 19.5 Å². The second kappa shape index (κ2) is 10.9. The number of amides is 1. The van der Waals surface area contributed by atoms with Crippen LogP contribution in [0.3, 0.4) is 0 Å². The Kier molecular flexibility index (Phi) is 8.22. The van der Waals surface area contributed by atoms with Crippen molar-refractivity contribution in [2.45, 2.75) is 63.4 Å². The van der Waals surface area contributed by atoms with E-state index in [0.717, 1.165) is 5.56 Å². The smallest absolute Gasteiger partial charge is 0.326 e. The van der Waals surface area contributed by atoms with Crippen LogP contribution in [0.4, 0.5) is 0 Å². The average molecular weight is 449 g/mol. The highest BCUT2D eigenvalue weighted by Gasteiger charge is 2.41. The van der Waals surface area contributed by atoms with Crippen molar-refractivity contribution in [3.8, 4) is 0 Å². The Balaban J connectivity index is 1.70. The third-order valence-corrected chi connectivity index (χ3v) is 5.94. The van der Waals surface area contributed by atoms with E-state index in [0.29, 0.717) is 45.4 Å². The first-order valence-corrected chi connectivity index (χ1v) is 11.2. The van der Waals surface area contributed by atoms with E-state index in [1.54, 1.807) is 13.8 Å². The summed E-state index contributed by atoms with van der Waals surface area (Å²) in [5.74, 6) is -2.77. The van der Waals surface area contributed by atoms with Gasteiger partial charge < -0.3 is 24.2 Å². The number of hydrogen-bond acceptors (Lipinski definition) is 7. The molecule has 0 bridgehead atoms. The monoisotopic (exact) mass is 448 g/mol. The third-order valence-electron chi connectivity index (χ3n) is 5.94. The van der Waals surface area contributed by atoms with Gasteiger partial charge in [0.15, 0.2) is 5.79 Å². The van der Waals surface area contributed by atoms with Crippen molar-refractivity contribution < 1.29 is 33.7 Å². The van der Waals surface area contributed by atoms with Crippen LogP contribution in [0.2, 0.25) is 0 Å². The molecule has 9 nitrogen and oxygen atoms in total. The first kappa shape index (κ1) is 24.2. The number of nitrogens with one attached hydrogen (secondary N) is 1. The molecule has 0 spiro atoms. The van der Waals surface area contributed by atoms with Crippen LogP contribution in [-0.4, -0.2) is 72.3 Å². The van der Waals surface area contributed by atoms with Gasteiger partial charge in [0.25, 0.3) is 0 Å². The molecule has 2 aliphatic heterocycles. The van der Waals surface area contributed by atoms with Gasteiger partial charge in [0.1, 0.15) is 12.1 Å². The van der Waals surface area contributed by atoms with E-state index in [1.165, 1.54) is 4.90 Å². The van der Waals surface area contributed by atoms with Gasteiger partial charge in [-0.3, -0.25) is 14.9 Å². The number of ether oxygens (including phenoxy) is 3. The maximum Gasteiger partial charge on any atom is 0.326 e. The predicted molar refractivity (Wildman–Crippen MR) is 115 cm³/mol. The van der Waals surface area contributed by atoms with Gasteiger partial charge >= 0.3 is 11.9 Å². The summed E-state index contributed by atoms with van der Waals surface area (Å²) in [6.07, 6.45) is 1.78. The van der Waals surface area contributed by atoms with Gasteiger partial charge in [0.05, 0.1) is 25.9 Å². The van der Waals surface area contributed by atoms with Crippen molar-refractivity contribution in [3.05, 3.63) is 35.9 Å². The lowest BCUT2D eigenvalue weighted by Crippen LogP contribution is -2.53. The van der Waals surface area contributed by atoms with Gasteiger partial charge in [0.2, 0.25) is 5.91 Å². The number of benzene rings is 1. The van der Waals surface area contributed by atoms with Crippen LogP contribution in [0.1, 0.15) is 45.1 Å². The van der Waals surface area contributed by atoms with E-state index >= 15 is 0 Å². The maximum atomic E-state index is 12.9. The summed E-state index contributed by atoms with van der Waals surface area (Å²) in [5, 5.41) is 12.4. The van der Waals surface area contributed by atoms with Gasteiger partial charge in [-0.05, 0) is 33.1 Å². The molecule has 2 heterocycles. The molecule has 2 aliphatic rings. The van der Waals surface area contributed by atoms with E-state index in [2.05, 4.69) is 5.32 Å². The Morgan fingerprint density at radius 1 is 1.25 bits per heavy atom. The van der Waals surface area contributed by atoms with Crippen molar-refractivity contribution in [2.24, 2.45) is 0 Å². The molecule has 0 radical (unpaired) electrons. The van der Waals surface area contributed by atoms with Crippen LogP contribution in [-0.2, 0) is 34.4 Å². The largest absolute Gasteiger partial charge is 0.480 e. The lowest BCUT2D eigenvalue weighted by Gasteiger charge is -2.31. The van der Waals surface area contributed by atoms with Crippen LogP contribution < -0.4 is 5.32 Å². The van der Waals surface area contributed by atoms with Crippen LogP contribution in [0, 0.1) is 0 Å². The number of carbonyl (C=O) groups excluding carboxylic acids is 2. The first-order valence-electron chi connectivity index (χ1n) is 11.2. The van der Waals surface area contributed by atoms with Gasteiger partial charge in [-0.15, -0.1) is 0 Å². The predicted octanol–water partition coefficient (Wildman–Crippen LogP) is 1.65. The third kappa shape index (κ3) is 5.46. The van der Waals surface area contributed by atoms with E-state index in [1.807, 2.05) is 30.3 Å². The zero-order valence-corrected chi connectivity index (χ0v) is 18.6. The Bertz CT molecular complexity index is 795.